The Morgan fingerprint density at radius 1 is 1.24 bits per heavy atom. The van der Waals surface area contributed by atoms with Crippen LogP contribution in [0.1, 0.15) is 25.3 Å². The Morgan fingerprint density at radius 3 is 2.90 bits per heavy atom. The van der Waals surface area contributed by atoms with Gasteiger partial charge in [-0.2, -0.15) is 0 Å². The molecule has 0 radical (unpaired) electrons. The highest BCUT2D eigenvalue weighted by molar-refractivity contribution is 6.31. The maximum absolute atomic E-state index is 6.41. The molecule has 21 heavy (non-hydrogen) atoms. The summed E-state index contributed by atoms with van der Waals surface area (Å²) >= 11 is 6.41. The zero-order chi connectivity index (χ0) is 14.4. The van der Waals surface area contributed by atoms with Gasteiger partial charge in [-0.3, -0.25) is 9.80 Å². The summed E-state index contributed by atoms with van der Waals surface area (Å²) in [6, 6.07) is 5.23. The molecule has 1 aromatic carbocycles. The summed E-state index contributed by atoms with van der Waals surface area (Å²) in [6.07, 6.45) is 2.67. The molecular formula is C16H21ClN2O2. The number of nitrogens with zero attached hydrogens (tertiary/aromatic N) is 2. The van der Waals surface area contributed by atoms with Gasteiger partial charge in [-0.15, -0.1) is 0 Å². The molecule has 3 heterocycles. The summed E-state index contributed by atoms with van der Waals surface area (Å²) in [5, 5.41) is 0.778. The van der Waals surface area contributed by atoms with Crippen molar-refractivity contribution in [1.82, 2.24) is 9.80 Å². The summed E-state index contributed by atoms with van der Waals surface area (Å²) in [6.45, 7) is 7.09. The van der Waals surface area contributed by atoms with E-state index in [2.05, 4.69) is 16.7 Å². The first-order valence-electron chi connectivity index (χ1n) is 7.77. The molecule has 2 fully saturated rings. The van der Waals surface area contributed by atoms with E-state index in [0.717, 1.165) is 41.2 Å². The highest BCUT2D eigenvalue weighted by Gasteiger charge is 2.34. The molecule has 1 unspecified atom stereocenters. The standard InChI is InChI=1S/C16H21ClN2O2/c1-11-7-18-4-2-3-13(18)9-19(11)8-12-5-15-16(6-14(12)17)21-10-20-15/h5-6,11,13H,2-4,7-10H2,1H3/t11-,13?/m0/s1. The van der Waals surface area contributed by atoms with Crippen molar-refractivity contribution in [3.8, 4) is 11.5 Å². The van der Waals surface area contributed by atoms with E-state index in [1.165, 1.54) is 25.9 Å². The third-order valence-electron chi connectivity index (χ3n) is 4.98. The minimum absolute atomic E-state index is 0.298. The van der Waals surface area contributed by atoms with Crippen molar-refractivity contribution < 1.29 is 9.47 Å². The third-order valence-corrected chi connectivity index (χ3v) is 5.33. The second-order valence-corrected chi connectivity index (χ2v) is 6.77. The fraction of sp³-hybridized carbons (Fsp3) is 0.625. The molecule has 0 saturated carbocycles. The molecule has 2 saturated heterocycles. The molecule has 0 aromatic heterocycles. The maximum Gasteiger partial charge on any atom is 0.231 e. The lowest BCUT2D eigenvalue weighted by molar-refractivity contribution is 0.0540. The Kier molecular flexibility index (Phi) is 3.48. The van der Waals surface area contributed by atoms with Crippen LogP contribution in [0.3, 0.4) is 0 Å². The van der Waals surface area contributed by atoms with E-state index in [9.17, 15) is 0 Å². The SMILES string of the molecule is C[C@H]1CN2CCCC2CN1Cc1cc2c(cc1Cl)OCO2. The van der Waals surface area contributed by atoms with Crippen LogP contribution in [-0.4, -0.2) is 48.3 Å². The lowest BCUT2D eigenvalue weighted by Gasteiger charge is -2.42. The van der Waals surface area contributed by atoms with E-state index >= 15 is 0 Å². The van der Waals surface area contributed by atoms with Gasteiger partial charge in [-0.05, 0) is 37.9 Å². The molecule has 1 aromatic rings. The lowest BCUT2D eigenvalue weighted by atomic mass is 10.1. The van der Waals surface area contributed by atoms with Gasteiger partial charge in [0.2, 0.25) is 6.79 Å². The van der Waals surface area contributed by atoms with Gasteiger partial charge in [0.05, 0.1) is 0 Å². The fourth-order valence-electron chi connectivity index (χ4n) is 3.77. The number of hydrogen-bond acceptors (Lipinski definition) is 4. The van der Waals surface area contributed by atoms with E-state index in [-0.39, 0.29) is 0 Å². The number of fused-ring (bicyclic) bond motifs is 2. The van der Waals surface area contributed by atoms with Crippen molar-refractivity contribution in [3.05, 3.63) is 22.7 Å². The predicted molar refractivity (Wildman–Crippen MR) is 82.0 cm³/mol. The van der Waals surface area contributed by atoms with Gasteiger partial charge in [-0.1, -0.05) is 11.6 Å². The molecule has 0 N–H and O–H groups in total. The van der Waals surface area contributed by atoms with Gasteiger partial charge in [0, 0.05) is 42.8 Å². The predicted octanol–water partition coefficient (Wildman–Crippen LogP) is 2.74. The first-order valence-corrected chi connectivity index (χ1v) is 8.14. The minimum Gasteiger partial charge on any atom is -0.454 e. The van der Waals surface area contributed by atoms with Crippen LogP contribution in [-0.2, 0) is 6.54 Å². The van der Waals surface area contributed by atoms with Crippen molar-refractivity contribution >= 4 is 11.6 Å². The molecule has 0 amide bonds. The van der Waals surface area contributed by atoms with Crippen LogP contribution < -0.4 is 9.47 Å². The number of piperazine rings is 1. The lowest BCUT2D eigenvalue weighted by Crippen LogP contribution is -2.54. The van der Waals surface area contributed by atoms with Crippen molar-refractivity contribution in [2.45, 2.75) is 38.4 Å². The van der Waals surface area contributed by atoms with Crippen molar-refractivity contribution in [2.24, 2.45) is 0 Å². The fourth-order valence-corrected chi connectivity index (χ4v) is 3.98. The second kappa shape index (κ2) is 5.34. The van der Waals surface area contributed by atoms with Crippen LogP contribution in [0.25, 0.3) is 0 Å². The van der Waals surface area contributed by atoms with Gasteiger partial charge >= 0.3 is 0 Å². The normalized spacial score (nSPS) is 28.9. The Balaban J connectivity index is 1.53. The molecule has 2 atom stereocenters. The molecule has 0 bridgehead atoms. The van der Waals surface area contributed by atoms with Crippen LogP contribution >= 0.6 is 11.6 Å². The van der Waals surface area contributed by atoms with E-state index in [0.29, 0.717) is 12.8 Å². The average Bonchev–Trinajstić information content (AvgIpc) is 3.07. The highest BCUT2D eigenvalue weighted by Crippen LogP contribution is 2.37. The quantitative estimate of drug-likeness (QED) is 0.839. The first-order chi connectivity index (χ1) is 10.2. The molecule has 3 aliphatic rings. The number of benzene rings is 1. The zero-order valence-electron chi connectivity index (χ0n) is 12.3. The monoisotopic (exact) mass is 308 g/mol. The first kappa shape index (κ1) is 13.7. The molecule has 4 nitrogen and oxygen atoms in total. The van der Waals surface area contributed by atoms with E-state index in [4.69, 9.17) is 21.1 Å². The molecule has 114 valence electrons. The van der Waals surface area contributed by atoms with Gasteiger partial charge in [0.1, 0.15) is 0 Å². The summed E-state index contributed by atoms with van der Waals surface area (Å²) in [5.41, 5.74) is 1.14. The Bertz CT molecular complexity index is 551. The molecule has 4 rings (SSSR count). The van der Waals surface area contributed by atoms with E-state index < -0.39 is 0 Å². The third kappa shape index (κ3) is 2.50. The van der Waals surface area contributed by atoms with E-state index in [1.54, 1.807) is 0 Å². The molecular weight excluding hydrogens is 288 g/mol. The van der Waals surface area contributed by atoms with Crippen LogP contribution in [0.4, 0.5) is 0 Å². The number of hydrogen-bond donors (Lipinski definition) is 0. The zero-order valence-corrected chi connectivity index (χ0v) is 13.1. The van der Waals surface area contributed by atoms with Crippen LogP contribution in [0.5, 0.6) is 11.5 Å². The highest BCUT2D eigenvalue weighted by atomic mass is 35.5. The number of rotatable bonds is 2. The topological polar surface area (TPSA) is 24.9 Å². The van der Waals surface area contributed by atoms with Gasteiger partial charge in [-0.25, -0.2) is 0 Å². The minimum atomic E-state index is 0.298. The number of halogens is 1. The molecule has 0 spiro atoms. The molecule has 5 heteroatoms. The van der Waals surface area contributed by atoms with Gasteiger partial charge in [0.15, 0.2) is 11.5 Å². The van der Waals surface area contributed by atoms with Crippen molar-refractivity contribution in [2.75, 3.05) is 26.4 Å². The largest absolute Gasteiger partial charge is 0.454 e. The summed E-state index contributed by atoms with van der Waals surface area (Å²) < 4.78 is 10.8. The van der Waals surface area contributed by atoms with Gasteiger partial charge in [0.25, 0.3) is 0 Å². The van der Waals surface area contributed by atoms with Crippen LogP contribution in [0, 0.1) is 0 Å². The van der Waals surface area contributed by atoms with Crippen molar-refractivity contribution in [3.63, 3.8) is 0 Å². The average molecular weight is 309 g/mol. The van der Waals surface area contributed by atoms with Gasteiger partial charge < -0.3 is 9.47 Å². The number of ether oxygens (including phenoxy) is 2. The Morgan fingerprint density at radius 2 is 2.05 bits per heavy atom. The van der Waals surface area contributed by atoms with E-state index in [1.807, 2.05) is 12.1 Å². The molecule has 0 aliphatic carbocycles. The van der Waals surface area contributed by atoms with Crippen LogP contribution in [0.15, 0.2) is 12.1 Å². The smallest absolute Gasteiger partial charge is 0.231 e. The van der Waals surface area contributed by atoms with Crippen molar-refractivity contribution in [1.29, 1.82) is 0 Å². The maximum atomic E-state index is 6.41. The Hall–Kier alpha value is -0.970. The summed E-state index contributed by atoms with van der Waals surface area (Å²) in [4.78, 5) is 5.19. The summed E-state index contributed by atoms with van der Waals surface area (Å²) in [5.74, 6) is 1.58. The summed E-state index contributed by atoms with van der Waals surface area (Å²) in [7, 11) is 0. The Labute approximate surface area is 130 Å². The van der Waals surface area contributed by atoms with Crippen LogP contribution in [0.2, 0.25) is 5.02 Å². The molecule has 3 aliphatic heterocycles. The second-order valence-electron chi connectivity index (χ2n) is 6.37.